The topological polar surface area (TPSA) is 18.5 Å². The van der Waals surface area contributed by atoms with Crippen LogP contribution in [0.3, 0.4) is 0 Å². The summed E-state index contributed by atoms with van der Waals surface area (Å²) < 4.78 is 11.3. The minimum absolute atomic E-state index is 0.234. The van der Waals surface area contributed by atoms with Gasteiger partial charge < -0.3 is 9.47 Å². The van der Waals surface area contributed by atoms with E-state index in [1.54, 1.807) is 0 Å². The van der Waals surface area contributed by atoms with Crippen LogP contribution in [0.1, 0.15) is 44.6 Å². The molecule has 2 atom stereocenters. The van der Waals surface area contributed by atoms with E-state index >= 15 is 0 Å². The van der Waals surface area contributed by atoms with E-state index in [0.717, 1.165) is 31.8 Å². The first kappa shape index (κ1) is 12.4. The van der Waals surface area contributed by atoms with Crippen molar-refractivity contribution in [3.63, 3.8) is 0 Å². The van der Waals surface area contributed by atoms with E-state index in [-0.39, 0.29) is 6.10 Å². The largest absolute Gasteiger partial charge is 0.488 e. The second-order valence-electron chi connectivity index (χ2n) is 4.84. The van der Waals surface area contributed by atoms with Crippen molar-refractivity contribution in [1.82, 2.24) is 0 Å². The zero-order valence-electron chi connectivity index (χ0n) is 10.8. The van der Waals surface area contributed by atoms with Gasteiger partial charge in [-0.25, -0.2) is 0 Å². The van der Waals surface area contributed by atoms with Gasteiger partial charge in [0.15, 0.2) is 0 Å². The van der Waals surface area contributed by atoms with Gasteiger partial charge in [-0.3, -0.25) is 0 Å². The molecule has 0 aliphatic carbocycles. The molecule has 1 aromatic rings. The predicted molar refractivity (Wildman–Crippen MR) is 69.6 cm³/mol. The van der Waals surface area contributed by atoms with Crippen LogP contribution in [-0.2, 0) is 4.74 Å². The molecule has 2 unspecified atom stereocenters. The van der Waals surface area contributed by atoms with Gasteiger partial charge in [0.2, 0.25) is 0 Å². The first-order chi connectivity index (χ1) is 8.29. The smallest absolute Gasteiger partial charge is 0.122 e. The van der Waals surface area contributed by atoms with Crippen molar-refractivity contribution < 1.29 is 9.47 Å². The molecule has 0 aromatic heterocycles. The fourth-order valence-electron chi connectivity index (χ4n) is 2.11. The van der Waals surface area contributed by atoms with Crippen LogP contribution in [0.4, 0.5) is 0 Å². The van der Waals surface area contributed by atoms with E-state index in [4.69, 9.17) is 9.47 Å². The summed E-state index contributed by atoms with van der Waals surface area (Å²) in [4.78, 5) is 0. The van der Waals surface area contributed by atoms with Crippen LogP contribution >= 0.6 is 0 Å². The maximum Gasteiger partial charge on any atom is 0.122 e. The summed E-state index contributed by atoms with van der Waals surface area (Å²) in [6.45, 7) is 6.08. The Hall–Kier alpha value is -1.02. The van der Waals surface area contributed by atoms with Crippen LogP contribution in [0, 0.1) is 0 Å². The fraction of sp³-hybridized carbons (Fsp3) is 0.600. The normalized spacial score (nSPS) is 22.1. The second-order valence-corrected chi connectivity index (χ2v) is 4.84. The Morgan fingerprint density at radius 2 is 2.12 bits per heavy atom. The summed E-state index contributed by atoms with van der Waals surface area (Å²) in [5.41, 5.74) is 1.39. The van der Waals surface area contributed by atoms with Gasteiger partial charge in [0.05, 0.1) is 6.61 Å². The molecule has 1 aliphatic heterocycles. The highest BCUT2D eigenvalue weighted by atomic mass is 16.5. The van der Waals surface area contributed by atoms with E-state index in [2.05, 4.69) is 38.1 Å². The van der Waals surface area contributed by atoms with Crippen LogP contribution in [0.2, 0.25) is 0 Å². The van der Waals surface area contributed by atoms with Gasteiger partial charge in [0, 0.05) is 6.61 Å². The Kier molecular flexibility index (Phi) is 4.43. The molecule has 1 saturated heterocycles. The van der Waals surface area contributed by atoms with Gasteiger partial charge in [0.1, 0.15) is 11.9 Å². The molecule has 94 valence electrons. The maximum absolute atomic E-state index is 5.90. The van der Waals surface area contributed by atoms with Gasteiger partial charge in [-0.2, -0.15) is 0 Å². The highest BCUT2D eigenvalue weighted by molar-refractivity contribution is 5.29. The third kappa shape index (κ3) is 3.47. The quantitative estimate of drug-likeness (QED) is 0.789. The number of benzene rings is 1. The molecule has 2 nitrogen and oxygen atoms in total. The average molecular weight is 234 g/mol. The highest BCUT2D eigenvalue weighted by Crippen LogP contribution is 2.23. The van der Waals surface area contributed by atoms with Crippen molar-refractivity contribution in [3.8, 4) is 5.75 Å². The van der Waals surface area contributed by atoms with Crippen molar-refractivity contribution in [3.05, 3.63) is 29.8 Å². The minimum Gasteiger partial charge on any atom is -0.488 e. The highest BCUT2D eigenvalue weighted by Gasteiger charge is 2.15. The van der Waals surface area contributed by atoms with Crippen molar-refractivity contribution in [1.29, 1.82) is 0 Å². The molecular weight excluding hydrogens is 212 g/mol. The number of ether oxygens (including phenoxy) is 2. The number of hydrogen-bond donors (Lipinski definition) is 0. The van der Waals surface area contributed by atoms with Crippen molar-refractivity contribution >= 4 is 0 Å². The lowest BCUT2D eigenvalue weighted by Crippen LogP contribution is -2.27. The summed E-state index contributed by atoms with van der Waals surface area (Å²) in [5, 5.41) is 0. The van der Waals surface area contributed by atoms with Gasteiger partial charge in [-0.05, 0) is 42.9 Å². The van der Waals surface area contributed by atoms with E-state index in [9.17, 15) is 0 Å². The van der Waals surface area contributed by atoms with E-state index in [0.29, 0.717) is 5.92 Å². The van der Waals surface area contributed by atoms with Crippen molar-refractivity contribution in [2.45, 2.75) is 45.1 Å². The first-order valence-corrected chi connectivity index (χ1v) is 6.64. The lowest BCUT2D eigenvalue weighted by Gasteiger charge is -2.23. The molecular formula is C15H22O2. The van der Waals surface area contributed by atoms with Gasteiger partial charge >= 0.3 is 0 Å². The van der Waals surface area contributed by atoms with Gasteiger partial charge in [-0.1, -0.05) is 26.0 Å². The summed E-state index contributed by atoms with van der Waals surface area (Å²) >= 11 is 0. The van der Waals surface area contributed by atoms with Gasteiger partial charge in [-0.15, -0.1) is 0 Å². The minimum atomic E-state index is 0.234. The molecule has 1 fully saturated rings. The lowest BCUT2D eigenvalue weighted by molar-refractivity contribution is 0.00742. The molecule has 2 rings (SSSR count). The SMILES string of the molecule is CCC(C)c1ccc(OC2CCCOC2)cc1. The lowest BCUT2D eigenvalue weighted by atomic mass is 9.99. The third-order valence-corrected chi connectivity index (χ3v) is 3.48. The van der Waals surface area contributed by atoms with Gasteiger partial charge in [0.25, 0.3) is 0 Å². The van der Waals surface area contributed by atoms with E-state index in [1.807, 2.05) is 0 Å². The number of hydrogen-bond acceptors (Lipinski definition) is 2. The third-order valence-electron chi connectivity index (χ3n) is 3.48. The average Bonchev–Trinajstić information content (AvgIpc) is 2.40. The first-order valence-electron chi connectivity index (χ1n) is 6.64. The molecule has 0 N–H and O–H groups in total. The molecule has 2 heteroatoms. The molecule has 1 aliphatic rings. The molecule has 1 aromatic carbocycles. The Morgan fingerprint density at radius 3 is 2.71 bits per heavy atom. The molecule has 0 bridgehead atoms. The van der Waals surface area contributed by atoms with Crippen molar-refractivity contribution in [2.24, 2.45) is 0 Å². The Morgan fingerprint density at radius 1 is 1.35 bits per heavy atom. The van der Waals surface area contributed by atoms with Crippen LogP contribution in [-0.4, -0.2) is 19.3 Å². The molecule has 1 heterocycles. The van der Waals surface area contributed by atoms with Crippen LogP contribution < -0.4 is 4.74 Å². The summed E-state index contributed by atoms with van der Waals surface area (Å²) in [5.74, 6) is 1.59. The molecule has 17 heavy (non-hydrogen) atoms. The standard InChI is InChI=1S/C15H22O2/c1-3-12(2)13-6-8-14(9-7-13)17-15-5-4-10-16-11-15/h6-9,12,15H,3-5,10-11H2,1-2H3. The van der Waals surface area contributed by atoms with Crippen LogP contribution in [0.15, 0.2) is 24.3 Å². The van der Waals surface area contributed by atoms with Crippen molar-refractivity contribution in [2.75, 3.05) is 13.2 Å². The predicted octanol–water partition coefficient (Wildman–Crippen LogP) is 3.76. The van der Waals surface area contributed by atoms with E-state index < -0.39 is 0 Å². The summed E-state index contributed by atoms with van der Waals surface area (Å²) in [6, 6.07) is 8.51. The molecule has 0 radical (unpaired) electrons. The van der Waals surface area contributed by atoms with Crippen LogP contribution in [0.25, 0.3) is 0 Å². The summed E-state index contributed by atoms with van der Waals surface area (Å²) in [6.07, 6.45) is 3.62. The second kappa shape index (κ2) is 6.06. The van der Waals surface area contributed by atoms with E-state index in [1.165, 1.54) is 12.0 Å². The maximum atomic E-state index is 5.90. The Labute approximate surface area is 104 Å². The number of rotatable bonds is 4. The fourth-order valence-corrected chi connectivity index (χ4v) is 2.11. The molecule has 0 saturated carbocycles. The van der Waals surface area contributed by atoms with Crippen LogP contribution in [0.5, 0.6) is 5.75 Å². The Bertz CT molecular complexity index is 325. The molecule has 0 amide bonds. The molecule has 0 spiro atoms. The Balaban J connectivity index is 1.93. The summed E-state index contributed by atoms with van der Waals surface area (Å²) in [7, 11) is 0. The zero-order valence-corrected chi connectivity index (χ0v) is 10.8. The zero-order chi connectivity index (χ0) is 12.1. The monoisotopic (exact) mass is 234 g/mol.